The second-order valence-electron chi connectivity index (χ2n) is 12.9. The zero-order valence-electron chi connectivity index (χ0n) is 25.2. The fraction of sp³-hybridized carbons (Fsp3) is 0.405. The molecule has 5 rings (SSSR count). The molecule has 0 heterocycles. The van der Waals surface area contributed by atoms with Gasteiger partial charge in [-0.25, -0.2) is 0 Å². The Kier molecular flexibility index (Phi) is 8.49. The Balaban J connectivity index is 1.37. The summed E-state index contributed by atoms with van der Waals surface area (Å²) in [5, 5.41) is 14.3. The molecule has 2 aliphatic rings. The van der Waals surface area contributed by atoms with Crippen LogP contribution in [0.1, 0.15) is 82.1 Å². The Bertz CT molecular complexity index is 1450. The average Bonchev–Trinajstić information content (AvgIpc) is 2.93. The molecule has 2 N–H and O–H groups in total. The number of aliphatic imine (C=N–C) groups is 1. The minimum Gasteiger partial charge on any atom is -0.507 e. The van der Waals surface area contributed by atoms with Crippen LogP contribution in [0, 0.1) is 24.7 Å². The number of fused-ring (bicyclic) bond motifs is 2. The molecule has 4 nitrogen and oxygen atoms in total. The summed E-state index contributed by atoms with van der Waals surface area (Å²) in [6, 6.07) is 22.7. The lowest BCUT2D eigenvalue weighted by Crippen LogP contribution is -2.42. The molecule has 0 aromatic heterocycles. The number of phenols is 1. The van der Waals surface area contributed by atoms with Crippen LogP contribution in [-0.4, -0.2) is 16.8 Å². The van der Waals surface area contributed by atoms with Gasteiger partial charge in [-0.3, -0.25) is 9.79 Å². The van der Waals surface area contributed by atoms with Crippen LogP contribution in [-0.2, 0) is 16.8 Å². The molecule has 0 aliphatic heterocycles. The first-order valence-corrected chi connectivity index (χ1v) is 15.1. The van der Waals surface area contributed by atoms with E-state index in [9.17, 15) is 9.90 Å². The summed E-state index contributed by atoms with van der Waals surface area (Å²) >= 11 is 0. The van der Waals surface area contributed by atoms with Crippen molar-refractivity contribution in [3.63, 3.8) is 0 Å². The first kappa shape index (κ1) is 28.9. The highest BCUT2D eigenvalue weighted by molar-refractivity contribution is 6.07. The molecule has 2 aliphatic carbocycles. The van der Waals surface area contributed by atoms with Gasteiger partial charge in [0.1, 0.15) is 11.6 Å². The second kappa shape index (κ2) is 12.1. The fourth-order valence-corrected chi connectivity index (χ4v) is 7.60. The van der Waals surface area contributed by atoms with E-state index in [2.05, 4.69) is 48.4 Å². The van der Waals surface area contributed by atoms with Crippen LogP contribution < -0.4 is 5.32 Å². The predicted octanol–water partition coefficient (Wildman–Crippen LogP) is 8.61. The number of aromatic hydroxyl groups is 1. The van der Waals surface area contributed by atoms with Crippen LogP contribution in [0.2, 0.25) is 0 Å². The van der Waals surface area contributed by atoms with Crippen molar-refractivity contribution in [2.75, 3.05) is 0 Å². The van der Waals surface area contributed by atoms with E-state index in [0.29, 0.717) is 35.5 Å². The van der Waals surface area contributed by atoms with E-state index in [-0.39, 0.29) is 11.3 Å². The van der Waals surface area contributed by atoms with Crippen LogP contribution in [0.3, 0.4) is 0 Å². The topological polar surface area (TPSA) is 61.7 Å². The van der Waals surface area contributed by atoms with E-state index in [0.717, 1.165) is 52.1 Å². The molecule has 3 aromatic carbocycles. The zero-order chi connectivity index (χ0) is 29.1. The van der Waals surface area contributed by atoms with E-state index in [1.807, 2.05) is 69.3 Å². The van der Waals surface area contributed by atoms with Crippen molar-refractivity contribution in [1.82, 2.24) is 5.32 Å². The standard InChI is InChI=1S/C37H44N2O2/c1-24-14-31-15-25(2)21-37(20-24,22-31)34-19-33(17-26(3)35(34)40)32-13-9-12-30(18-32)16-27(4)36(41)39-28(5)38-23-29-10-7-6-8-11-29/h6-13,16-19,24-25,31,40H,14-15,20-23H2,1-5H3,(H,38,39,41)/b27-16+. The van der Waals surface area contributed by atoms with Crippen molar-refractivity contribution in [3.8, 4) is 16.9 Å². The van der Waals surface area contributed by atoms with Gasteiger partial charge in [-0.2, -0.15) is 0 Å². The molecule has 2 saturated carbocycles. The molecule has 1 amide bonds. The first-order valence-electron chi connectivity index (χ1n) is 15.1. The quantitative estimate of drug-likeness (QED) is 0.184. The molecular formula is C37H44N2O2. The number of benzene rings is 3. The maximum absolute atomic E-state index is 12.9. The van der Waals surface area contributed by atoms with Crippen molar-refractivity contribution in [1.29, 1.82) is 0 Å². The summed E-state index contributed by atoms with van der Waals surface area (Å²) in [7, 11) is 0. The van der Waals surface area contributed by atoms with E-state index in [1.165, 1.54) is 19.3 Å². The number of amides is 1. The number of phenolic OH excluding ortho intramolecular Hbond substituents is 1. The molecule has 4 heteroatoms. The van der Waals surface area contributed by atoms with Gasteiger partial charge >= 0.3 is 0 Å². The molecule has 2 atom stereocenters. The van der Waals surface area contributed by atoms with Gasteiger partial charge in [0.05, 0.1) is 6.54 Å². The number of aryl methyl sites for hydroxylation is 1. The predicted molar refractivity (Wildman–Crippen MR) is 170 cm³/mol. The maximum atomic E-state index is 12.9. The van der Waals surface area contributed by atoms with E-state index < -0.39 is 0 Å². The van der Waals surface area contributed by atoms with Gasteiger partial charge in [-0.05, 0) is 128 Å². The van der Waals surface area contributed by atoms with Gasteiger partial charge in [-0.1, -0.05) is 62.4 Å². The number of amidine groups is 1. The van der Waals surface area contributed by atoms with E-state index in [1.54, 1.807) is 0 Å². The van der Waals surface area contributed by atoms with Crippen molar-refractivity contribution in [3.05, 3.63) is 94.6 Å². The Morgan fingerprint density at radius 1 is 0.951 bits per heavy atom. The lowest BCUT2D eigenvalue weighted by molar-refractivity contribution is -0.116. The SMILES string of the molecule is CC(=NCc1ccccc1)NC(=O)/C(C)=C/c1cccc(-c2cc(C)c(O)c(C34CC(C)CC(CC(C)C3)C4)c2)c1. The Labute approximate surface area is 245 Å². The lowest BCUT2D eigenvalue weighted by Gasteiger charge is -2.50. The fourth-order valence-electron chi connectivity index (χ4n) is 7.60. The van der Waals surface area contributed by atoms with Crippen LogP contribution in [0.25, 0.3) is 17.2 Å². The highest BCUT2D eigenvalue weighted by Crippen LogP contribution is 2.56. The number of nitrogens with one attached hydrogen (secondary N) is 1. The van der Waals surface area contributed by atoms with Crippen molar-refractivity contribution in [2.45, 2.75) is 78.7 Å². The number of carbonyl (C=O) groups excluding carboxylic acids is 1. The zero-order valence-corrected chi connectivity index (χ0v) is 25.2. The molecule has 214 valence electrons. The normalized spacial score (nSPS) is 24.7. The molecule has 41 heavy (non-hydrogen) atoms. The highest BCUT2D eigenvalue weighted by Gasteiger charge is 2.46. The Morgan fingerprint density at radius 3 is 2.37 bits per heavy atom. The van der Waals surface area contributed by atoms with Crippen LogP contribution in [0.15, 0.2) is 77.3 Å². The molecule has 0 saturated heterocycles. The number of carbonyl (C=O) groups is 1. The van der Waals surface area contributed by atoms with Crippen molar-refractivity contribution < 1.29 is 9.90 Å². The Morgan fingerprint density at radius 2 is 1.66 bits per heavy atom. The summed E-state index contributed by atoms with van der Waals surface area (Å²) < 4.78 is 0. The smallest absolute Gasteiger partial charge is 0.252 e. The summed E-state index contributed by atoms with van der Waals surface area (Å²) in [5.74, 6) is 3.03. The summed E-state index contributed by atoms with van der Waals surface area (Å²) in [4.78, 5) is 17.4. The summed E-state index contributed by atoms with van der Waals surface area (Å²) in [6.45, 7) is 11.0. The lowest BCUT2D eigenvalue weighted by atomic mass is 9.54. The van der Waals surface area contributed by atoms with E-state index >= 15 is 0 Å². The number of hydrogen-bond acceptors (Lipinski definition) is 3. The number of rotatable bonds is 6. The van der Waals surface area contributed by atoms with Crippen LogP contribution >= 0.6 is 0 Å². The van der Waals surface area contributed by atoms with Gasteiger partial charge in [0.2, 0.25) is 0 Å². The summed E-state index contributed by atoms with van der Waals surface area (Å²) in [6.07, 6.45) is 8.02. The Hall–Kier alpha value is -3.66. The summed E-state index contributed by atoms with van der Waals surface area (Å²) in [5.41, 5.74) is 7.04. The van der Waals surface area contributed by atoms with Crippen molar-refractivity contribution in [2.24, 2.45) is 22.7 Å². The third kappa shape index (κ3) is 6.64. The highest BCUT2D eigenvalue weighted by atomic mass is 16.3. The minimum absolute atomic E-state index is 0.0525. The van der Waals surface area contributed by atoms with Gasteiger partial charge in [-0.15, -0.1) is 0 Å². The molecule has 3 aromatic rings. The largest absolute Gasteiger partial charge is 0.507 e. The maximum Gasteiger partial charge on any atom is 0.252 e. The second-order valence-corrected chi connectivity index (χ2v) is 12.9. The molecule has 2 unspecified atom stereocenters. The third-order valence-corrected chi connectivity index (χ3v) is 9.10. The number of hydrogen-bond donors (Lipinski definition) is 2. The molecule has 2 bridgehead atoms. The first-order chi connectivity index (χ1) is 19.6. The van der Waals surface area contributed by atoms with Crippen molar-refractivity contribution >= 4 is 17.8 Å². The van der Waals surface area contributed by atoms with Crippen LogP contribution in [0.5, 0.6) is 5.75 Å². The van der Waals surface area contributed by atoms with Gasteiger partial charge < -0.3 is 10.4 Å². The molecule has 0 spiro atoms. The minimum atomic E-state index is -0.154. The molecule has 0 radical (unpaired) electrons. The monoisotopic (exact) mass is 548 g/mol. The van der Waals surface area contributed by atoms with E-state index in [4.69, 9.17) is 0 Å². The molecule has 2 fully saturated rings. The van der Waals surface area contributed by atoms with Gasteiger partial charge in [0.25, 0.3) is 5.91 Å². The van der Waals surface area contributed by atoms with Gasteiger partial charge in [0.15, 0.2) is 0 Å². The number of nitrogens with zero attached hydrogens (tertiary/aromatic N) is 1. The van der Waals surface area contributed by atoms with Gasteiger partial charge in [0, 0.05) is 11.1 Å². The molecular weight excluding hydrogens is 504 g/mol. The third-order valence-electron chi connectivity index (χ3n) is 9.10. The van der Waals surface area contributed by atoms with Crippen LogP contribution in [0.4, 0.5) is 0 Å². The average molecular weight is 549 g/mol.